The number of hydrogen-bond donors (Lipinski definition) is 0. The van der Waals surface area contributed by atoms with Crippen molar-refractivity contribution in [2.45, 2.75) is 6.42 Å². The van der Waals surface area contributed by atoms with Crippen molar-refractivity contribution in [3.63, 3.8) is 0 Å². The summed E-state index contributed by atoms with van der Waals surface area (Å²) in [5, 5.41) is 0.787. The molecule has 1 aromatic heterocycles. The van der Waals surface area contributed by atoms with Crippen molar-refractivity contribution in [1.82, 2.24) is 0 Å². The monoisotopic (exact) mass is 256 g/mol. The van der Waals surface area contributed by atoms with Crippen molar-refractivity contribution in [2.75, 3.05) is 0 Å². The summed E-state index contributed by atoms with van der Waals surface area (Å²) >= 11 is 3.08. The van der Waals surface area contributed by atoms with Gasteiger partial charge in [-0.3, -0.25) is 0 Å². The molecule has 0 radical (unpaired) electrons. The lowest BCUT2D eigenvalue weighted by atomic mass is 10.2. The molecule has 0 aliphatic carbocycles. The van der Waals surface area contributed by atoms with Gasteiger partial charge in [0.1, 0.15) is 23.4 Å². The molecule has 0 saturated carbocycles. The van der Waals surface area contributed by atoms with Gasteiger partial charge in [-0.25, -0.2) is 4.39 Å². The Balaban J connectivity index is 2.59. The van der Waals surface area contributed by atoms with E-state index in [1.807, 2.05) is 0 Å². The zero-order chi connectivity index (χ0) is 10.1. The van der Waals surface area contributed by atoms with E-state index >= 15 is 0 Å². The first-order chi connectivity index (χ1) is 6.70. The molecule has 1 aromatic carbocycles. The molecule has 2 rings (SSSR count). The molecule has 0 fully saturated rings. The van der Waals surface area contributed by atoms with Gasteiger partial charge in [-0.2, -0.15) is 0 Å². The van der Waals surface area contributed by atoms with Crippen LogP contribution in [0, 0.1) is 5.82 Å². The second-order valence-electron chi connectivity index (χ2n) is 2.89. The molecule has 2 nitrogen and oxygen atoms in total. The van der Waals surface area contributed by atoms with Gasteiger partial charge in [-0.15, -0.1) is 0 Å². The van der Waals surface area contributed by atoms with Crippen LogP contribution in [0.2, 0.25) is 0 Å². The van der Waals surface area contributed by atoms with E-state index in [0.717, 1.165) is 11.7 Å². The Kier molecular flexibility index (Phi) is 2.37. The van der Waals surface area contributed by atoms with Crippen molar-refractivity contribution in [1.29, 1.82) is 0 Å². The average molecular weight is 257 g/mol. The normalized spacial score (nSPS) is 10.7. The van der Waals surface area contributed by atoms with E-state index in [4.69, 9.17) is 4.42 Å². The summed E-state index contributed by atoms with van der Waals surface area (Å²) in [6.07, 6.45) is 0.969. The van der Waals surface area contributed by atoms with Crippen LogP contribution in [-0.4, -0.2) is 6.29 Å². The Morgan fingerprint density at radius 1 is 1.43 bits per heavy atom. The summed E-state index contributed by atoms with van der Waals surface area (Å²) < 4.78 is 18.7. The lowest BCUT2D eigenvalue weighted by molar-refractivity contribution is -0.107. The van der Waals surface area contributed by atoms with Crippen LogP contribution in [0.5, 0.6) is 0 Å². The van der Waals surface area contributed by atoms with Gasteiger partial charge in [0, 0.05) is 11.5 Å². The number of halogens is 2. The summed E-state index contributed by atoms with van der Waals surface area (Å²) in [6.45, 7) is 0. The molecule has 0 amide bonds. The molecule has 1 heterocycles. The number of benzene rings is 1. The summed E-state index contributed by atoms with van der Waals surface area (Å²) in [5.41, 5.74) is 0.461. The van der Waals surface area contributed by atoms with E-state index in [1.165, 1.54) is 6.07 Å². The number of carbonyl (C=O) groups excluding carboxylic acids is 1. The first-order valence-corrected chi connectivity index (χ1v) is 4.81. The van der Waals surface area contributed by atoms with E-state index in [1.54, 1.807) is 12.1 Å². The molecule has 0 N–H and O–H groups in total. The van der Waals surface area contributed by atoms with Gasteiger partial charge in [0.15, 0.2) is 0 Å². The molecule has 4 heteroatoms. The van der Waals surface area contributed by atoms with Gasteiger partial charge in [0.25, 0.3) is 0 Å². The lowest BCUT2D eigenvalue weighted by Crippen LogP contribution is -1.78. The predicted octanol–water partition coefficient (Wildman–Crippen LogP) is 3.08. The minimum absolute atomic E-state index is 0.216. The molecule has 72 valence electrons. The number of hydrogen-bond acceptors (Lipinski definition) is 2. The van der Waals surface area contributed by atoms with Gasteiger partial charge in [0.2, 0.25) is 0 Å². The minimum atomic E-state index is -0.371. The fourth-order valence-electron chi connectivity index (χ4n) is 1.27. The Labute approximate surface area is 87.8 Å². The van der Waals surface area contributed by atoms with Gasteiger partial charge < -0.3 is 9.21 Å². The highest BCUT2D eigenvalue weighted by molar-refractivity contribution is 9.10. The molecular formula is C10H6BrFO2. The zero-order valence-corrected chi connectivity index (χ0v) is 8.67. The highest BCUT2D eigenvalue weighted by Crippen LogP contribution is 2.26. The second kappa shape index (κ2) is 3.53. The fraction of sp³-hybridized carbons (Fsp3) is 0.100. The Morgan fingerprint density at radius 3 is 2.93 bits per heavy atom. The SMILES string of the molecule is O=CCc1cc2cc(Br)c(F)cc2o1. The average Bonchev–Trinajstić information content (AvgIpc) is 2.48. The van der Waals surface area contributed by atoms with Gasteiger partial charge in [-0.1, -0.05) is 0 Å². The van der Waals surface area contributed by atoms with Gasteiger partial charge in [-0.05, 0) is 28.1 Å². The molecule has 0 aliphatic rings. The highest BCUT2D eigenvalue weighted by atomic mass is 79.9. The van der Waals surface area contributed by atoms with Crippen molar-refractivity contribution in [3.8, 4) is 0 Å². The second-order valence-corrected chi connectivity index (χ2v) is 3.74. The van der Waals surface area contributed by atoms with Crippen molar-refractivity contribution in [2.24, 2.45) is 0 Å². The van der Waals surface area contributed by atoms with E-state index in [-0.39, 0.29) is 12.2 Å². The van der Waals surface area contributed by atoms with Crippen LogP contribution < -0.4 is 0 Å². The topological polar surface area (TPSA) is 30.2 Å². The first kappa shape index (κ1) is 9.40. The maximum absolute atomic E-state index is 13.1. The van der Waals surface area contributed by atoms with Crippen LogP contribution in [-0.2, 0) is 11.2 Å². The van der Waals surface area contributed by atoms with Crippen LogP contribution in [0.25, 0.3) is 11.0 Å². The standard InChI is InChI=1S/C10H6BrFO2/c11-8-4-6-3-7(1-2-13)14-10(6)5-9(8)12/h2-5H,1H2. The summed E-state index contributed by atoms with van der Waals surface area (Å²) in [4.78, 5) is 10.2. The molecule has 0 saturated heterocycles. The molecule has 0 aliphatic heterocycles. The van der Waals surface area contributed by atoms with E-state index in [2.05, 4.69) is 15.9 Å². The number of aldehydes is 1. The third-order valence-electron chi connectivity index (χ3n) is 1.89. The Morgan fingerprint density at radius 2 is 2.21 bits per heavy atom. The number of carbonyl (C=O) groups is 1. The van der Waals surface area contributed by atoms with Crippen molar-refractivity contribution in [3.05, 3.63) is 34.2 Å². The van der Waals surface area contributed by atoms with Crippen LogP contribution in [0.15, 0.2) is 27.1 Å². The molecule has 0 atom stereocenters. The van der Waals surface area contributed by atoms with E-state index in [0.29, 0.717) is 15.8 Å². The van der Waals surface area contributed by atoms with Gasteiger partial charge in [0.05, 0.1) is 10.9 Å². The predicted molar refractivity (Wildman–Crippen MR) is 53.6 cm³/mol. The largest absolute Gasteiger partial charge is 0.461 e. The molecule has 2 aromatic rings. The lowest BCUT2D eigenvalue weighted by Gasteiger charge is -1.92. The van der Waals surface area contributed by atoms with Crippen LogP contribution >= 0.6 is 15.9 Å². The molecule has 14 heavy (non-hydrogen) atoms. The molecule has 0 bridgehead atoms. The van der Waals surface area contributed by atoms with Crippen LogP contribution in [0.4, 0.5) is 4.39 Å². The fourth-order valence-corrected chi connectivity index (χ4v) is 1.63. The molecule has 0 unspecified atom stereocenters. The van der Waals surface area contributed by atoms with E-state index in [9.17, 15) is 9.18 Å². The summed E-state index contributed by atoms with van der Waals surface area (Å²) in [6, 6.07) is 4.66. The van der Waals surface area contributed by atoms with E-state index < -0.39 is 0 Å². The van der Waals surface area contributed by atoms with Gasteiger partial charge >= 0.3 is 0 Å². The first-order valence-electron chi connectivity index (χ1n) is 4.02. The summed E-state index contributed by atoms with van der Waals surface area (Å²) in [7, 11) is 0. The maximum Gasteiger partial charge on any atom is 0.141 e. The maximum atomic E-state index is 13.1. The summed E-state index contributed by atoms with van der Waals surface area (Å²) in [5.74, 6) is 0.178. The number of rotatable bonds is 2. The highest BCUT2D eigenvalue weighted by Gasteiger charge is 2.07. The Bertz CT molecular complexity index is 451. The van der Waals surface area contributed by atoms with Crippen molar-refractivity contribution < 1.29 is 13.6 Å². The molecular weight excluding hydrogens is 251 g/mol. The van der Waals surface area contributed by atoms with Crippen molar-refractivity contribution >= 4 is 33.2 Å². The minimum Gasteiger partial charge on any atom is -0.461 e. The number of fused-ring (bicyclic) bond motifs is 1. The quantitative estimate of drug-likeness (QED) is 0.774. The smallest absolute Gasteiger partial charge is 0.141 e. The number of furan rings is 1. The Hall–Kier alpha value is -1.16. The van der Waals surface area contributed by atoms with Crippen LogP contribution in [0.1, 0.15) is 5.76 Å². The third-order valence-corrected chi connectivity index (χ3v) is 2.50. The molecule has 0 spiro atoms. The van der Waals surface area contributed by atoms with Crippen LogP contribution in [0.3, 0.4) is 0 Å². The zero-order valence-electron chi connectivity index (χ0n) is 7.09. The third kappa shape index (κ3) is 1.57.